The first-order valence-electron chi connectivity index (χ1n) is 8.10. The molecule has 2 aromatic carbocycles. The van der Waals surface area contributed by atoms with E-state index in [0.29, 0.717) is 30.0 Å². The summed E-state index contributed by atoms with van der Waals surface area (Å²) in [5.41, 5.74) is 0.993. The van der Waals surface area contributed by atoms with Crippen molar-refractivity contribution in [1.82, 2.24) is 4.90 Å². The van der Waals surface area contributed by atoms with Crippen molar-refractivity contribution in [1.29, 1.82) is 0 Å². The summed E-state index contributed by atoms with van der Waals surface area (Å²) in [6, 6.07) is 11.9. The Labute approximate surface area is 145 Å². The molecule has 3 rings (SSSR count). The monoisotopic (exact) mass is 342 g/mol. The van der Waals surface area contributed by atoms with E-state index >= 15 is 0 Å². The SMILES string of the molecule is COc1cccc(C(=O)N2CCC[C@H]2C(=O)Nc2ccc(F)cc2)c1. The van der Waals surface area contributed by atoms with Crippen LogP contribution in [0, 0.1) is 5.82 Å². The van der Waals surface area contributed by atoms with Crippen LogP contribution in [0.5, 0.6) is 5.75 Å². The number of nitrogens with zero attached hydrogens (tertiary/aromatic N) is 1. The summed E-state index contributed by atoms with van der Waals surface area (Å²) >= 11 is 0. The van der Waals surface area contributed by atoms with E-state index in [-0.39, 0.29) is 17.6 Å². The topological polar surface area (TPSA) is 58.6 Å². The molecule has 6 heteroatoms. The van der Waals surface area contributed by atoms with Crippen LogP contribution in [0.4, 0.5) is 10.1 Å². The maximum atomic E-state index is 13.0. The average Bonchev–Trinajstić information content (AvgIpc) is 3.13. The molecule has 0 bridgehead atoms. The predicted molar refractivity (Wildman–Crippen MR) is 92.1 cm³/mol. The van der Waals surface area contributed by atoms with Gasteiger partial charge in [0, 0.05) is 17.8 Å². The van der Waals surface area contributed by atoms with Gasteiger partial charge in [-0.2, -0.15) is 0 Å². The molecular weight excluding hydrogens is 323 g/mol. The van der Waals surface area contributed by atoms with Gasteiger partial charge in [0.15, 0.2) is 0 Å². The van der Waals surface area contributed by atoms with Gasteiger partial charge in [0.05, 0.1) is 7.11 Å². The van der Waals surface area contributed by atoms with Gasteiger partial charge in [-0.15, -0.1) is 0 Å². The lowest BCUT2D eigenvalue weighted by molar-refractivity contribution is -0.119. The number of amides is 2. The van der Waals surface area contributed by atoms with Gasteiger partial charge in [-0.25, -0.2) is 4.39 Å². The fourth-order valence-electron chi connectivity index (χ4n) is 2.96. The van der Waals surface area contributed by atoms with Crippen LogP contribution in [-0.2, 0) is 4.79 Å². The molecule has 1 saturated heterocycles. The van der Waals surface area contributed by atoms with Crippen LogP contribution in [0.1, 0.15) is 23.2 Å². The molecule has 1 aliphatic rings. The molecule has 0 aliphatic carbocycles. The first-order valence-corrected chi connectivity index (χ1v) is 8.10. The third-order valence-corrected chi connectivity index (χ3v) is 4.24. The first kappa shape index (κ1) is 17.0. The quantitative estimate of drug-likeness (QED) is 0.929. The summed E-state index contributed by atoms with van der Waals surface area (Å²) in [5.74, 6) is -0.234. The fraction of sp³-hybridized carbons (Fsp3) is 0.263. The lowest BCUT2D eigenvalue weighted by Crippen LogP contribution is -2.43. The largest absolute Gasteiger partial charge is 0.497 e. The molecule has 2 amide bonds. The zero-order chi connectivity index (χ0) is 17.8. The highest BCUT2D eigenvalue weighted by atomic mass is 19.1. The summed E-state index contributed by atoms with van der Waals surface area (Å²) in [5, 5.41) is 2.75. The molecule has 25 heavy (non-hydrogen) atoms. The second-order valence-electron chi connectivity index (χ2n) is 5.88. The maximum Gasteiger partial charge on any atom is 0.254 e. The molecule has 1 aliphatic heterocycles. The van der Waals surface area contributed by atoms with E-state index in [0.717, 1.165) is 6.42 Å². The predicted octanol–water partition coefficient (Wildman–Crippen LogP) is 3.08. The van der Waals surface area contributed by atoms with Crippen molar-refractivity contribution in [3.8, 4) is 5.75 Å². The Morgan fingerprint density at radius 2 is 1.96 bits per heavy atom. The van der Waals surface area contributed by atoms with Crippen LogP contribution in [0.15, 0.2) is 48.5 Å². The lowest BCUT2D eigenvalue weighted by atomic mass is 10.1. The molecule has 1 heterocycles. The fourth-order valence-corrected chi connectivity index (χ4v) is 2.96. The number of anilines is 1. The van der Waals surface area contributed by atoms with Crippen LogP contribution < -0.4 is 10.1 Å². The van der Waals surface area contributed by atoms with Crippen LogP contribution in [0.2, 0.25) is 0 Å². The number of likely N-dealkylation sites (tertiary alicyclic amines) is 1. The van der Waals surface area contributed by atoms with Crippen molar-refractivity contribution in [2.75, 3.05) is 19.0 Å². The molecular formula is C19H19FN2O3. The number of halogens is 1. The van der Waals surface area contributed by atoms with Crippen molar-refractivity contribution in [2.24, 2.45) is 0 Å². The third kappa shape index (κ3) is 3.79. The van der Waals surface area contributed by atoms with E-state index in [9.17, 15) is 14.0 Å². The second-order valence-corrected chi connectivity index (χ2v) is 5.88. The summed E-state index contributed by atoms with van der Waals surface area (Å²) in [4.78, 5) is 26.9. The molecule has 1 atom stereocenters. The van der Waals surface area contributed by atoms with E-state index in [1.54, 1.807) is 36.3 Å². The summed E-state index contributed by atoms with van der Waals surface area (Å²) in [7, 11) is 1.54. The summed E-state index contributed by atoms with van der Waals surface area (Å²) < 4.78 is 18.1. The molecule has 2 aromatic rings. The Morgan fingerprint density at radius 1 is 1.20 bits per heavy atom. The van der Waals surface area contributed by atoms with E-state index in [4.69, 9.17) is 4.74 Å². The Hall–Kier alpha value is -2.89. The lowest BCUT2D eigenvalue weighted by Gasteiger charge is -2.24. The average molecular weight is 342 g/mol. The molecule has 5 nitrogen and oxygen atoms in total. The van der Waals surface area contributed by atoms with Gasteiger partial charge in [-0.1, -0.05) is 6.07 Å². The molecule has 0 radical (unpaired) electrons. The molecule has 1 N–H and O–H groups in total. The molecule has 0 saturated carbocycles. The van der Waals surface area contributed by atoms with Gasteiger partial charge in [-0.3, -0.25) is 9.59 Å². The number of carbonyl (C=O) groups is 2. The van der Waals surface area contributed by atoms with Gasteiger partial charge < -0.3 is 15.0 Å². The van der Waals surface area contributed by atoms with E-state index < -0.39 is 6.04 Å². The number of benzene rings is 2. The Kier molecular flexibility index (Phi) is 4.97. The van der Waals surface area contributed by atoms with Crippen molar-refractivity contribution >= 4 is 17.5 Å². The zero-order valence-electron chi connectivity index (χ0n) is 13.9. The van der Waals surface area contributed by atoms with Crippen molar-refractivity contribution in [3.05, 3.63) is 59.9 Å². The van der Waals surface area contributed by atoms with Gasteiger partial charge >= 0.3 is 0 Å². The number of hydrogen-bond acceptors (Lipinski definition) is 3. The highest BCUT2D eigenvalue weighted by Crippen LogP contribution is 2.23. The van der Waals surface area contributed by atoms with Crippen molar-refractivity contribution in [3.63, 3.8) is 0 Å². The first-order chi connectivity index (χ1) is 12.1. The minimum atomic E-state index is -0.538. The van der Waals surface area contributed by atoms with Crippen LogP contribution in [-0.4, -0.2) is 36.4 Å². The zero-order valence-corrected chi connectivity index (χ0v) is 13.9. The number of methoxy groups -OCH3 is 1. The number of hydrogen-bond donors (Lipinski definition) is 1. The highest BCUT2D eigenvalue weighted by Gasteiger charge is 2.34. The minimum absolute atomic E-state index is 0.198. The van der Waals surface area contributed by atoms with Gasteiger partial charge in [-0.05, 0) is 55.3 Å². The third-order valence-electron chi connectivity index (χ3n) is 4.24. The number of ether oxygens (including phenoxy) is 1. The number of carbonyl (C=O) groups excluding carboxylic acids is 2. The Balaban J connectivity index is 1.73. The molecule has 130 valence electrons. The number of rotatable bonds is 4. The van der Waals surface area contributed by atoms with Crippen LogP contribution >= 0.6 is 0 Å². The Bertz CT molecular complexity index is 776. The normalized spacial score (nSPS) is 16.6. The smallest absolute Gasteiger partial charge is 0.254 e. The van der Waals surface area contributed by atoms with E-state index in [2.05, 4.69) is 5.32 Å². The van der Waals surface area contributed by atoms with Crippen LogP contribution in [0.25, 0.3) is 0 Å². The summed E-state index contributed by atoms with van der Waals surface area (Å²) in [6.07, 6.45) is 1.36. The molecule has 0 unspecified atom stereocenters. The molecule has 0 spiro atoms. The van der Waals surface area contributed by atoms with Gasteiger partial charge in [0.25, 0.3) is 5.91 Å². The Morgan fingerprint density at radius 3 is 2.68 bits per heavy atom. The second kappa shape index (κ2) is 7.34. The molecule has 0 aromatic heterocycles. The van der Waals surface area contributed by atoms with Gasteiger partial charge in [0.1, 0.15) is 17.6 Å². The summed E-state index contributed by atoms with van der Waals surface area (Å²) in [6.45, 7) is 0.525. The van der Waals surface area contributed by atoms with E-state index in [1.165, 1.54) is 24.3 Å². The van der Waals surface area contributed by atoms with Gasteiger partial charge in [0.2, 0.25) is 5.91 Å². The van der Waals surface area contributed by atoms with Crippen molar-refractivity contribution in [2.45, 2.75) is 18.9 Å². The molecule has 1 fully saturated rings. The highest BCUT2D eigenvalue weighted by molar-refractivity contribution is 6.01. The maximum absolute atomic E-state index is 13.0. The van der Waals surface area contributed by atoms with Crippen molar-refractivity contribution < 1.29 is 18.7 Å². The number of nitrogens with one attached hydrogen (secondary N) is 1. The van der Waals surface area contributed by atoms with Crippen LogP contribution in [0.3, 0.4) is 0 Å². The minimum Gasteiger partial charge on any atom is -0.497 e. The van der Waals surface area contributed by atoms with E-state index in [1.807, 2.05) is 0 Å². The standard InChI is InChI=1S/C19H19FN2O3/c1-25-16-5-2-4-13(12-16)19(24)22-11-3-6-17(22)18(23)21-15-9-7-14(20)8-10-15/h2,4-5,7-10,12,17H,3,6,11H2,1H3,(H,21,23)/t17-/m0/s1.